The van der Waals surface area contributed by atoms with Gasteiger partial charge in [0, 0.05) is 19.3 Å². The van der Waals surface area contributed by atoms with Gasteiger partial charge in [0.05, 0.1) is 6.54 Å². The Morgan fingerprint density at radius 3 is 2.31 bits per heavy atom. The largest absolute Gasteiger partial charge is 0.394 e. The molecule has 0 fully saturated rings. The molecule has 0 aliphatic heterocycles. The van der Waals surface area contributed by atoms with E-state index in [4.69, 9.17) is 14.6 Å². The standard InChI is InChI=1S/C10H22N2O3Si/c1-3-14-16(15-4-2,8-5-6-11)9-7-12-10-13/h3-9,11H2,1-2H3. The lowest BCUT2D eigenvalue weighted by molar-refractivity contribution is 0.182. The molecule has 0 heterocycles. The van der Waals surface area contributed by atoms with Crippen LogP contribution >= 0.6 is 0 Å². The SMILES string of the molecule is CCO[Si](CCCN)(CCN=C=O)OCC. The van der Waals surface area contributed by atoms with Gasteiger partial charge in [0.2, 0.25) is 6.08 Å². The Balaban J connectivity index is 4.41. The van der Waals surface area contributed by atoms with Crippen molar-refractivity contribution in [1.82, 2.24) is 0 Å². The van der Waals surface area contributed by atoms with Gasteiger partial charge in [-0.2, -0.15) is 0 Å². The van der Waals surface area contributed by atoms with Crippen LogP contribution in [0.3, 0.4) is 0 Å². The molecule has 16 heavy (non-hydrogen) atoms. The van der Waals surface area contributed by atoms with E-state index in [1.54, 1.807) is 6.08 Å². The molecular weight excluding hydrogens is 224 g/mol. The minimum Gasteiger partial charge on any atom is -0.394 e. The first kappa shape index (κ1) is 15.5. The first-order valence-corrected chi connectivity index (χ1v) is 7.99. The number of hydrogen-bond donors (Lipinski definition) is 1. The molecule has 0 aromatic carbocycles. The fraction of sp³-hybridized carbons (Fsp3) is 0.900. The molecule has 0 bridgehead atoms. The van der Waals surface area contributed by atoms with Crippen LogP contribution in [-0.4, -0.2) is 40.9 Å². The summed E-state index contributed by atoms with van der Waals surface area (Å²) in [5, 5.41) is 0. The molecule has 0 saturated carbocycles. The van der Waals surface area contributed by atoms with Crippen LogP contribution in [-0.2, 0) is 13.6 Å². The van der Waals surface area contributed by atoms with Gasteiger partial charge in [-0.3, -0.25) is 0 Å². The van der Waals surface area contributed by atoms with Gasteiger partial charge in [-0.25, -0.2) is 9.79 Å². The van der Waals surface area contributed by atoms with E-state index < -0.39 is 8.56 Å². The fourth-order valence-electron chi connectivity index (χ4n) is 1.62. The number of nitrogens with two attached hydrogens (primary N) is 1. The van der Waals surface area contributed by atoms with E-state index in [2.05, 4.69) is 4.99 Å². The summed E-state index contributed by atoms with van der Waals surface area (Å²) in [6, 6.07) is 1.56. The average Bonchev–Trinajstić information content (AvgIpc) is 2.27. The molecular formula is C10H22N2O3Si. The third-order valence-electron chi connectivity index (χ3n) is 2.25. The van der Waals surface area contributed by atoms with E-state index in [1.807, 2.05) is 13.8 Å². The molecule has 0 atom stereocenters. The first-order chi connectivity index (χ1) is 7.74. The Kier molecular flexibility index (Phi) is 9.37. The van der Waals surface area contributed by atoms with Crippen molar-refractivity contribution in [3.8, 4) is 0 Å². The van der Waals surface area contributed by atoms with Gasteiger partial charge in [0.1, 0.15) is 0 Å². The first-order valence-electron chi connectivity index (χ1n) is 5.76. The topological polar surface area (TPSA) is 73.9 Å². The van der Waals surface area contributed by atoms with Crippen molar-refractivity contribution in [1.29, 1.82) is 0 Å². The number of aliphatic imine (C=N–C) groups is 1. The number of isocyanates is 1. The van der Waals surface area contributed by atoms with E-state index >= 15 is 0 Å². The lowest BCUT2D eigenvalue weighted by atomic mass is 10.5. The van der Waals surface area contributed by atoms with Gasteiger partial charge in [-0.1, -0.05) is 0 Å². The normalized spacial score (nSPS) is 11.2. The van der Waals surface area contributed by atoms with Crippen LogP contribution in [0, 0.1) is 0 Å². The lowest BCUT2D eigenvalue weighted by Gasteiger charge is -2.29. The zero-order valence-corrected chi connectivity index (χ0v) is 11.2. The van der Waals surface area contributed by atoms with Gasteiger partial charge in [0.25, 0.3) is 0 Å². The third kappa shape index (κ3) is 6.15. The summed E-state index contributed by atoms with van der Waals surface area (Å²) in [5.74, 6) is 0. The molecule has 0 radical (unpaired) electrons. The van der Waals surface area contributed by atoms with Gasteiger partial charge in [-0.15, -0.1) is 0 Å². The molecule has 94 valence electrons. The summed E-state index contributed by atoms with van der Waals surface area (Å²) in [5.41, 5.74) is 5.51. The molecule has 0 saturated heterocycles. The highest BCUT2D eigenvalue weighted by molar-refractivity contribution is 6.67. The number of hydrogen-bond acceptors (Lipinski definition) is 5. The average molecular weight is 246 g/mol. The van der Waals surface area contributed by atoms with Crippen molar-refractivity contribution >= 4 is 14.6 Å². The van der Waals surface area contributed by atoms with Crippen LogP contribution in [0.4, 0.5) is 0 Å². The Labute approximate surface area is 98.3 Å². The van der Waals surface area contributed by atoms with Crippen molar-refractivity contribution in [2.75, 3.05) is 26.3 Å². The maximum Gasteiger partial charge on any atom is 0.340 e. The number of rotatable bonds is 10. The highest BCUT2D eigenvalue weighted by Crippen LogP contribution is 2.21. The molecule has 0 aromatic heterocycles. The second-order valence-corrected chi connectivity index (χ2v) is 6.79. The maximum absolute atomic E-state index is 10.0. The fourth-order valence-corrected chi connectivity index (χ4v) is 4.78. The minimum atomic E-state index is -2.21. The van der Waals surface area contributed by atoms with Crippen molar-refractivity contribution in [3.63, 3.8) is 0 Å². The summed E-state index contributed by atoms with van der Waals surface area (Å²) in [6.45, 7) is 6.22. The van der Waals surface area contributed by atoms with Crippen molar-refractivity contribution in [2.45, 2.75) is 32.4 Å². The molecule has 0 spiro atoms. The molecule has 6 heteroatoms. The molecule has 0 amide bonds. The van der Waals surface area contributed by atoms with Crippen LogP contribution < -0.4 is 5.73 Å². The second kappa shape index (κ2) is 9.69. The minimum absolute atomic E-state index is 0.431. The predicted octanol–water partition coefficient (Wildman–Crippen LogP) is 1.19. The molecule has 0 aliphatic rings. The van der Waals surface area contributed by atoms with Crippen molar-refractivity contribution < 1.29 is 13.6 Å². The highest BCUT2D eigenvalue weighted by Gasteiger charge is 2.35. The predicted molar refractivity (Wildman–Crippen MR) is 65.3 cm³/mol. The van der Waals surface area contributed by atoms with Crippen molar-refractivity contribution in [2.24, 2.45) is 10.7 Å². The summed E-state index contributed by atoms with van der Waals surface area (Å²) in [7, 11) is -2.21. The Hall–Kier alpha value is -0.523. The monoisotopic (exact) mass is 246 g/mol. The summed E-state index contributed by atoms with van der Waals surface area (Å²) in [6.07, 6.45) is 2.43. The van der Waals surface area contributed by atoms with Crippen LogP contribution in [0.1, 0.15) is 20.3 Å². The van der Waals surface area contributed by atoms with Crippen molar-refractivity contribution in [3.05, 3.63) is 0 Å². The third-order valence-corrected chi connectivity index (χ3v) is 5.98. The van der Waals surface area contributed by atoms with Crippen LogP contribution in [0.15, 0.2) is 4.99 Å². The maximum atomic E-state index is 10.0. The quantitative estimate of drug-likeness (QED) is 0.357. The van der Waals surface area contributed by atoms with Gasteiger partial charge < -0.3 is 14.6 Å². The Morgan fingerprint density at radius 1 is 1.25 bits per heavy atom. The van der Waals surface area contributed by atoms with E-state index in [1.165, 1.54) is 0 Å². The number of carbonyl (C=O) groups excluding carboxylic acids is 1. The Bertz CT molecular complexity index is 214. The molecule has 0 aliphatic carbocycles. The van der Waals surface area contributed by atoms with Gasteiger partial charge in [-0.05, 0) is 32.9 Å². The number of nitrogens with zero attached hydrogens (tertiary/aromatic N) is 1. The highest BCUT2D eigenvalue weighted by atomic mass is 28.4. The molecule has 0 aromatic rings. The summed E-state index contributed by atoms with van der Waals surface area (Å²) >= 11 is 0. The zero-order valence-electron chi connectivity index (χ0n) is 10.2. The lowest BCUT2D eigenvalue weighted by Crippen LogP contribution is -2.43. The van der Waals surface area contributed by atoms with E-state index in [9.17, 15) is 4.79 Å². The van der Waals surface area contributed by atoms with Gasteiger partial charge >= 0.3 is 8.56 Å². The van der Waals surface area contributed by atoms with E-state index in [0.29, 0.717) is 32.3 Å². The second-order valence-electron chi connectivity index (χ2n) is 3.39. The van der Waals surface area contributed by atoms with Crippen LogP contribution in [0.25, 0.3) is 0 Å². The Morgan fingerprint density at radius 2 is 1.88 bits per heavy atom. The van der Waals surface area contributed by atoms with E-state index in [-0.39, 0.29) is 0 Å². The molecule has 2 N–H and O–H groups in total. The van der Waals surface area contributed by atoms with E-state index in [0.717, 1.165) is 12.5 Å². The summed E-state index contributed by atoms with van der Waals surface area (Å²) in [4.78, 5) is 13.6. The van der Waals surface area contributed by atoms with Gasteiger partial charge in [0.15, 0.2) is 0 Å². The zero-order chi connectivity index (χ0) is 12.3. The smallest absolute Gasteiger partial charge is 0.340 e. The molecule has 5 nitrogen and oxygen atoms in total. The molecule has 0 unspecified atom stereocenters. The van der Waals surface area contributed by atoms with Crippen LogP contribution in [0.5, 0.6) is 0 Å². The molecule has 0 rings (SSSR count). The van der Waals surface area contributed by atoms with Crippen LogP contribution in [0.2, 0.25) is 12.1 Å². The summed E-state index contributed by atoms with van der Waals surface area (Å²) < 4.78 is 11.6.